The van der Waals surface area contributed by atoms with Crippen LogP contribution in [0.2, 0.25) is 0 Å². The highest BCUT2D eigenvalue weighted by Crippen LogP contribution is 2.34. The minimum atomic E-state index is -0.588. The Hall–Kier alpha value is -2.05. The summed E-state index contributed by atoms with van der Waals surface area (Å²) in [7, 11) is 1.42. The molecule has 1 amide bonds. The van der Waals surface area contributed by atoms with Crippen LogP contribution >= 0.6 is 0 Å². The van der Waals surface area contributed by atoms with Crippen LogP contribution in [0.1, 0.15) is 13.3 Å². The number of ether oxygens (including phenoxy) is 1. The largest absolute Gasteiger partial charge is 0.489 e. The summed E-state index contributed by atoms with van der Waals surface area (Å²) in [6.45, 7) is 2.87. The number of aromatic amines is 1. The summed E-state index contributed by atoms with van der Waals surface area (Å²) >= 11 is 0. The molecule has 3 N–H and O–H groups in total. The summed E-state index contributed by atoms with van der Waals surface area (Å²) in [5, 5.41) is 0. The molecule has 1 aliphatic heterocycles. The lowest BCUT2D eigenvalue weighted by molar-refractivity contribution is -0.125. The number of H-pyrrole nitrogens is 1. The van der Waals surface area contributed by atoms with Gasteiger partial charge in [0.05, 0.1) is 18.9 Å². The Bertz CT molecular complexity index is 527. The van der Waals surface area contributed by atoms with Crippen molar-refractivity contribution in [2.45, 2.75) is 13.3 Å². The second-order valence-electron chi connectivity index (χ2n) is 4.68. The van der Waals surface area contributed by atoms with Gasteiger partial charge in [-0.2, -0.15) is 0 Å². The molecule has 0 spiro atoms. The SMILES string of the molecule is COc1c(N2CCC(C)(C(N)=O)C2)nc[nH]c1=O. The van der Waals surface area contributed by atoms with Crippen molar-refractivity contribution < 1.29 is 9.53 Å². The third-order valence-corrected chi connectivity index (χ3v) is 3.36. The van der Waals surface area contributed by atoms with E-state index in [-0.39, 0.29) is 17.2 Å². The van der Waals surface area contributed by atoms with Gasteiger partial charge in [-0.3, -0.25) is 9.59 Å². The number of nitrogens with zero attached hydrogens (tertiary/aromatic N) is 2. The standard InChI is InChI=1S/C11H16N4O3/c1-11(10(12)17)3-4-15(5-11)8-7(18-2)9(16)14-6-13-8/h6H,3-5H2,1-2H3,(H2,12,17)(H,13,14,16). The predicted molar refractivity (Wildman–Crippen MR) is 65.5 cm³/mol. The fourth-order valence-corrected chi connectivity index (χ4v) is 2.13. The molecule has 7 nitrogen and oxygen atoms in total. The molecule has 98 valence electrons. The van der Waals surface area contributed by atoms with Crippen LogP contribution in [0.15, 0.2) is 11.1 Å². The molecular weight excluding hydrogens is 236 g/mol. The highest BCUT2D eigenvalue weighted by atomic mass is 16.5. The van der Waals surface area contributed by atoms with Crippen molar-refractivity contribution in [1.29, 1.82) is 0 Å². The van der Waals surface area contributed by atoms with E-state index in [1.165, 1.54) is 13.4 Å². The van der Waals surface area contributed by atoms with Gasteiger partial charge in [0.1, 0.15) is 0 Å². The molecule has 1 saturated heterocycles. The molecule has 18 heavy (non-hydrogen) atoms. The molecule has 1 atom stereocenters. The first-order valence-electron chi connectivity index (χ1n) is 5.64. The minimum absolute atomic E-state index is 0.159. The number of nitrogens with two attached hydrogens (primary N) is 1. The molecule has 2 rings (SSSR count). The van der Waals surface area contributed by atoms with Crippen LogP contribution in [-0.2, 0) is 4.79 Å². The number of carbonyl (C=O) groups excluding carboxylic acids is 1. The first kappa shape index (κ1) is 12.4. The van der Waals surface area contributed by atoms with Crippen LogP contribution < -0.4 is 20.9 Å². The van der Waals surface area contributed by atoms with Crippen molar-refractivity contribution in [3.63, 3.8) is 0 Å². The first-order chi connectivity index (χ1) is 8.48. The van der Waals surface area contributed by atoms with Crippen molar-refractivity contribution in [1.82, 2.24) is 9.97 Å². The lowest BCUT2D eigenvalue weighted by atomic mass is 9.89. The molecular formula is C11H16N4O3. The number of hydrogen-bond acceptors (Lipinski definition) is 5. The number of nitrogens with one attached hydrogen (secondary N) is 1. The van der Waals surface area contributed by atoms with E-state index < -0.39 is 5.41 Å². The molecule has 0 radical (unpaired) electrons. The van der Waals surface area contributed by atoms with Gasteiger partial charge in [-0.1, -0.05) is 0 Å². The lowest BCUT2D eigenvalue weighted by Crippen LogP contribution is -2.37. The van der Waals surface area contributed by atoms with Crippen molar-refractivity contribution in [2.75, 3.05) is 25.1 Å². The van der Waals surface area contributed by atoms with E-state index >= 15 is 0 Å². The summed E-state index contributed by atoms with van der Waals surface area (Å²) in [5.41, 5.74) is 4.46. The molecule has 1 fully saturated rings. The number of carbonyl (C=O) groups is 1. The van der Waals surface area contributed by atoms with Crippen molar-refractivity contribution >= 4 is 11.7 Å². The summed E-state index contributed by atoms with van der Waals surface area (Å²) < 4.78 is 5.05. The van der Waals surface area contributed by atoms with Crippen LogP contribution in [0.5, 0.6) is 5.75 Å². The van der Waals surface area contributed by atoms with Crippen LogP contribution in [0.4, 0.5) is 5.82 Å². The molecule has 1 aliphatic rings. The van der Waals surface area contributed by atoms with E-state index in [0.29, 0.717) is 25.3 Å². The van der Waals surface area contributed by atoms with E-state index in [1.807, 2.05) is 11.8 Å². The smallest absolute Gasteiger partial charge is 0.295 e. The number of aromatic nitrogens is 2. The Morgan fingerprint density at radius 1 is 1.67 bits per heavy atom. The van der Waals surface area contributed by atoms with E-state index in [2.05, 4.69) is 9.97 Å². The van der Waals surface area contributed by atoms with Gasteiger partial charge in [0, 0.05) is 13.1 Å². The van der Waals surface area contributed by atoms with Gasteiger partial charge in [-0.15, -0.1) is 0 Å². The van der Waals surface area contributed by atoms with E-state index in [4.69, 9.17) is 10.5 Å². The number of anilines is 1. The van der Waals surface area contributed by atoms with Crippen LogP contribution in [0, 0.1) is 5.41 Å². The summed E-state index contributed by atoms with van der Waals surface area (Å²) in [6, 6.07) is 0. The van der Waals surface area contributed by atoms with Gasteiger partial charge in [0.15, 0.2) is 5.82 Å². The maximum atomic E-state index is 11.6. The third kappa shape index (κ3) is 1.92. The average Bonchev–Trinajstić information content (AvgIpc) is 2.73. The number of rotatable bonds is 3. The second kappa shape index (κ2) is 4.32. The van der Waals surface area contributed by atoms with Crippen LogP contribution in [-0.4, -0.2) is 36.1 Å². The summed E-state index contributed by atoms with van der Waals surface area (Å²) in [5.74, 6) is 0.270. The van der Waals surface area contributed by atoms with E-state index in [9.17, 15) is 9.59 Å². The topological polar surface area (TPSA) is 101 Å². The average molecular weight is 252 g/mol. The molecule has 0 aromatic carbocycles. The summed E-state index contributed by atoms with van der Waals surface area (Å²) in [4.78, 5) is 31.4. The Labute approximate surface area is 104 Å². The van der Waals surface area contributed by atoms with Crippen molar-refractivity contribution in [2.24, 2.45) is 11.1 Å². The molecule has 1 aromatic heterocycles. The zero-order valence-electron chi connectivity index (χ0n) is 10.4. The Morgan fingerprint density at radius 3 is 2.94 bits per heavy atom. The highest BCUT2D eigenvalue weighted by molar-refractivity contribution is 5.82. The third-order valence-electron chi connectivity index (χ3n) is 3.36. The minimum Gasteiger partial charge on any atom is -0.489 e. The van der Waals surface area contributed by atoms with E-state index in [1.54, 1.807) is 0 Å². The van der Waals surface area contributed by atoms with Gasteiger partial charge >= 0.3 is 0 Å². The number of amides is 1. The first-order valence-corrected chi connectivity index (χ1v) is 5.64. The maximum Gasteiger partial charge on any atom is 0.295 e. The van der Waals surface area contributed by atoms with Gasteiger partial charge in [0.2, 0.25) is 11.7 Å². The Kier molecular flexibility index (Phi) is 2.98. The highest BCUT2D eigenvalue weighted by Gasteiger charge is 2.40. The Balaban J connectivity index is 2.33. The van der Waals surface area contributed by atoms with Gasteiger partial charge in [-0.05, 0) is 13.3 Å². The molecule has 7 heteroatoms. The fraction of sp³-hybridized carbons (Fsp3) is 0.545. The quantitative estimate of drug-likeness (QED) is 0.753. The zero-order chi connectivity index (χ0) is 13.3. The van der Waals surface area contributed by atoms with Gasteiger partial charge in [0.25, 0.3) is 5.56 Å². The normalized spacial score (nSPS) is 23.1. The lowest BCUT2D eigenvalue weighted by Gasteiger charge is -2.22. The molecule has 0 bridgehead atoms. The number of methoxy groups -OCH3 is 1. The van der Waals surface area contributed by atoms with Gasteiger partial charge < -0.3 is 20.4 Å². The second-order valence-corrected chi connectivity index (χ2v) is 4.68. The predicted octanol–water partition coefficient (Wildman–Crippen LogP) is -0.520. The van der Waals surface area contributed by atoms with Gasteiger partial charge in [-0.25, -0.2) is 4.98 Å². The number of primary amides is 1. The van der Waals surface area contributed by atoms with Crippen LogP contribution in [0.25, 0.3) is 0 Å². The monoisotopic (exact) mass is 252 g/mol. The molecule has 0 saturated carbocycles. The fourth-order valence-electron chi connectivity index (χ4n) is 2.13. The van der Waals surface area contributed by atoms with Crippen molar-refractivity contribution in [3.05, 3.63) is 16.7 Å². The molecule has 2 heterocycles. The van der Waals surface area contributed by atoms with E-state index in [0.717, 1.165) is 0 Å². The molecule has 1 unspecified atom stereocenters. The van der Waals surface area contributed by atoms with Crippen molar-refractivity contribution in [3.8, 4) is 5.75 Å². The Morgan fingerprint density at radius 2 is 2.39 bits per heavy atom. The van der Waals surface area contributed by atoms with Crippen LogP contribution in [0.3, 0.4) is 0 Å². The maximum absolute atomic E-state index is 11.6. The molecule has 0 aliphatic carbocycles. The zero-order valence-corrected chi connectivity index (χ0v) is 10.4. The number of hydrogen-bond donors (Lipinski definition) is 2. The summed E-state index contributed by atoms with van der Waals surface area (Å²) in [6.07, 6.45) is 1.96. The molecule has 1 aromatic rings.